The van der Waals surface area contributed by atoms with Gasteiger partial charge in [0.1, 0.15) is 6.67 Å². The number of carbonyl (C=O) groups excluding carboxylic acids is 1. The number of hydrogen-bond donors (Lipinski definition) is 0. The predicted octanol–water partition coefficient (Wildman–Crippen LogP) is 1.80. The summed E-state index contributed by atoms with van der Waals surface area (Å²) in [6.45, 7) is 5.08. The third-order valence-electron chi connectivity index (χ3n) is 1.12. The topological polar surface area (TPSA) is 26.3 Å². The first kappa shape index (κ1) is 11.1. The zero-order valence-electron chi connectivity index (χ0n) is 7.14. The van der Waals surface area contributed by atoms with E-state index < -0.39 is 24.4 Å². The molecule has 0 aliphatic carbocycles. The summed E-state index contributed by atoms with van der Waals surface area (Å²) in [5, 5.41) is 0. The molecule has 0 heterocycles. The normalized spacial score (nSPS) is 12.8. The molecule has 0 fully saturated rings. The second kappa shape index (κ2) is 4.85. The van der Waals surface area contributed by atoms with Gasteiger partial charge in [-0.2, -0.15) is 0 Å². The van der Waals surface area contributed by atoms with Crippen LogP contribution >= 0.6 is 0 Å². The summed E-state index contributed by atoms with van der Waals surface area (Å²) in [5.74, 6) is -0.879. The maximum atomic E-state index is 12.5. The molecule has 70 valence electrons. The number of esters is 1. The van der Waals surface area contributed by atoms with E-state index in [2.05, 4.69) is 11.3 Å². The highest BCUT2D eigenvalue weighted by molar-refractivity contribution is 5.88. The fourth-order valence-electron chi connectivity index (χ4n) is 0.511. The first-order valence-electron chi connectivity index (χ1n) is 3.58. The average Bonchev–Trinajstić information content (AvgIpc) is 2.00. The quantitative estimate of drug-likeness (QED) is 0.484. The van der Waals surface area contributed by atoms with E-state index in [1.807, 2.05) is 0 Å². The smallest absolute Gasteiger partial charge is 0.336 e. The molecule has 0 bridgehead atoms. The standard InChI is InChI=1S/C8H12F2O2/c1-5(2)12-8(11)6(3)7(10)4-9/h5,7H,3-4H2,1-2H3. The Labute approximate surface area is 70.2 Å². The molecule has 1 atom stereocenters. The molecule has 12 heavy (non-hydrogen) atoms. The number of alkyl halides is 2. The van der Waals surface area contributed by atoms with Crippen LogP contribution in [-0.2, 0) is 9.53 Å². The van der Waals surface area contributed by atoms with Gasteiger partial charge in [0, 0.05) is 0 Å². The van der Waals surface area contributed by atoms with Gasteiger partial charge in [-0.05, 0) is 13.8 Å². The number of hydrogen-bond acceptors (Lipinski definition) is 2. The lowest BCUT2D eigenvalue weighted by Gasteiger charge is -2.10. The van der Waals surface area contributed by atoms with Crippen LogP contribution in [0.3, 0.4) is 0 Å². The molecule has 0 radical (unpaired) electrons. The highest BCUT2D eigenvalue weighted by Gasteiger charge is 2.19. The van der Waals surface area contributed by atoms with E-state index in [9.17, 15) is 13.6 Å². The van der Waals surface area contributed by atoms with E-state index in [1.54, 1.807) is 13.8 Å². The maximum Gasteiger partial charge on any atom is 0.336 e. The predicted molar refractivity (Wildman–Crippen MR) is 41.2 cm³/mol. The SMILES string of the molecule is C=C(C(=O)OC(C)C)C(F)CF. The van der Waals surface area contributed by atoms with Crippen molar-refractivity contribution < 1.29 is 18.3 Å². The van der Waals surface area contributed by atoms with Crippen molar-refractivity contribution in [2.75, 3.05) is 6.67 Å². The monoisotopic (exact) mass is 178 g/mol. The summed E-state index contributed by atoms with van der Waals surface area (Å²) in [7, 11) is 0. The summed E-state index contributed by atoms with van der Waals surface area (Å²) in [6.07, 6.45) is -2.29. The van der Waals surface area contributed by atoms with Crippen LogP contribution in [0.2, 0.25) is 0 Å². The Morgan fingerprint density at radius 2 is 2.08 bits per heavy atom. The Bertz CT molecular complexity index is 178. The Kier molecular flexibility index (Phi) is 4.47. The van der Waals surface area contributed by atoms with Gasteiger partial charge >= 0.3 is 5.97 Å². The van der Waals surface area contributed by atoms with E-state index in [-0.39, 0.29) is 6.10 Å². The molecule has 0 aliphatic rings. The van der Waals surface area contributed by atoms with Crippen LogP contribution in [0.5, 0.6) is 0 Å². The molecule has 0 saturated carbocycles. The molecule has 4 heteroatoms. The molecular formula is C8H12F2O2. The van der Waals surface area contributed by atoms with Crippen LogP contribution in [0.1, 0.15) is 13.8 Å². The highest BCUT2D eigenvalue weighted by Crippen LogP contribution is 2.08. The molecule has 1 unspecified atom stereocenters. The maximum absolute atomic E-state index is 12.5. The molecule has 0 aromatic heterocycles. The molecule has 2 nitrogen and oxygen atoms in total. The molecule has 0 aromatic rings. The van der Waals surface area contributed by atoms with Crippen molar-refractivity contribution >= 4 is 5.97 Å². The van der Waals surface area contributed by atoms with Crippen LogP contribution in [0.25, 0.3) is 0 Å². The molecule has 0 spiro atoms. The Balaban J connectivity index is 4.02. The van der Waals surface area contributed by atoms with Crippen molar-refractivity contribution in [3.63, 3.8) is 0 Å². The second-order valence-electron chi connectivity index (χ2n) is 2.60. The van der Waals surface area contributed by atoms with Crippen molar-refractivity contribution in [1.29, 1.82) is 0 Å². The first-order valence-corrected chi connectivity index (χ1v) is 3.58. The number of halogens is 2. The van der Waals surface area contributed by atoms with Crippen molar-refractivity contribution in [3.8, 4) is 0 Å². The lowest BCUT2D eigenvalue weighted by atomic mass is 10.2. The van der Waals surface area contributed by atoms with Gasteiger partial charge in [0.25, 0.3) is 0 Å². The van der Waals surface area contributed by atoms with Crippen LogP contribution < -0.4 is 0 Å². The third-order valence-corrected chi connectivity index (χ3v) is 1.12. The van der Waals surface area contributed by atoms with Crippen molar-refractivity contribution in [1.82, 2.24) is 0 Å². The highest BCUT2D eigenvalue weighted by atomic mass is 19.2. The first-order chi connectivity index (χ1) is 5.49. The molecule has 0 saturated heterocycles. The van der Waals surface area contributed by atoms with Gasteiger partial charge in [-0.25, -0.2) is 13.6 Å². The largest absolute Gasteiger partial charge is 0.460 e. The van der Waals surface area contributed by atoms with Crippen LogP contribution in [0.4, 0.5) is 8.78 Å². The summed E-state index contributed by atoms with van der Waals surface area (Å²) in [5.41, 5.74) is -0.466. The van der Waals surface area contributed by atoms with Crippen LogP contribution in [0.15, 0.2) is 12.2 Å². The Morgan fingerprint density at radius 3 is 2.42 bits per heavy atom. The van der Waals surface area contributed by atoms with Crippen molar-refractivity contribution in [2.24, 2.45) is 0 Å². The van der Waals surface area contributed by atoms with E-state index in [0.717, 1.165) is 0 Å². The zero-order valence-corrected chi connectivity index (χ0v) is 7.14. The number of ether oxygens (including phenoxy) is 1. The fraction of sp³-hybridized carbons (Fsp3) is 0.625. The minimum atomic E-state index is -1.95. The van der Waals surface area contributed by atoms with Gasteiger partial charge in [0.05, 0.1) is 11.7 Å². The summed E-state index contributed by atoms with van der Waals surface area (Å²) < 4.78 is 28.7. The van der Waals surface area contributed by atoms with Gasteiger partial charge < -0.3 is 4.74 Å². The van der Waals surface area contributed by atoms with Crippen LogP contribution in [0, 0.1) is 0 Å². The van der Waals surface area contributed by atoms with Gasteiger partial charge in [-0.15, -0.1) is 0 Å². The lowest BCUT2D eigenvalue weighted by Crippen LogP contribution is -2.20. The summed E-state index contributed by atoms with van der Waals surface area (Å²) in [6, 6.07) is 0. The average molecular weight is 178 g/mol. The summed E-state index contributed by atoms with van der Waals surface area (Å²) >= 11 is 0. The minimum Gasteiger partial charge on any atom is -0.460 e. The van der Waals surface area contributed by atoms with Gasteiger partial charge in [0.15, 0.2) is 6.17 Å². The molecule has 0 aromatic carbocycles. The third kappa shape index (κ3) is 3.46. The van der Waals surface area contributed by atoms with Crippen molar-refractivity contribution in [3.05, 3.63) is 12.2 Å². The second-order valence-corrected chi connectivity index (χ2v) is 2.60. The lowest BCUT2D eigenvalue weighted by molar-refractivity contribution is -0.143. The van der Waals surface area contributed by atoms with E-state index in [0.29, 0.717) is 0 Å². The number of carbonyl (C=O) groups is 1. The Morgan fingerprint density at radius 1 is 1.58 bits per heavy atom. The number of rotatable bonds is 4. The van der Waals surface area contributed by atoms with Crippen LogP contribution in [-0.4, -0.2) is 24.9 Å². The molecule has 0 rings (SSSR count). The van der Waals surface area contributed by atoms with E-state index >= 15 is 0 Å². The van der Waals surface area contributed by atoms with Gasteiger partial charge in [-0.3, -0.25) is 0 Å². The minimum absolute atomic E-state index is 0.346. The zero-order chi connectivity index (χ0) is 9.72. The Hall–Kier alpha value is -0.930. The molecule has 0 N–H and O–H groups in total. The molecule has 0 aliphatic heterocycles. The van der Waals surface area contributed by atoms with E-state index in [1.165, 1.54) is 0 Å². The van der Waals surface area contributed by atoms with E-state index in [4.69, 9.17) is 0 Å². The fourth-order valence-corrected chi connectivity index (χ4v) is 0.511. The summed E-state index contributed by atoms with van der Waals surface area (Å²) in [4.78, 5) is 10.8. The van der Waals surface area contributed by atoms with Gasteiger partial charge in [0.2, 0.25) is 0 Å². The van der Waals surface area contributed by atoms with Crippen molar-refractivity contribution in [2.45, 2.75) is 26.1 Å². The van der Waals surface area contributed by atoms with Gasteiger partial charge in [-0.1, -0.05) is 6.58 Å². The molecule has 0 amide bonds. The molecular weight excluding hydrogens is 166 g/mol.